The van der Waals surface area contributed by atoms with Crippen LogP contribution in [0, 0.1) is 0 Å². The number of ether oxygens (including phenoxy) is 2. The molecule has 1 unspecified atom stereocenters. The van der Waals surface area contributed by atoms with Crippen molar-refractivity contribution in [3.63, 3.8) is 0 Å². The minimum Gasteiger partial charge on any atom is -0.480 e. The average Bonchev–Trinajstić information content (AvgIpc) is 2.23. The van der Waals surface area contributed by atoms with Crippen LogP contribution in [0.5, 0.6) is 0 Å². The lowest BCUT2D eigenvalue weighted by atomic mass is 10.2. The zero-order valence-electron chi connectivity index (χ0n) is 10.0. The third kappa shape index (κ3) is 7.04. The second-order valence-corrected chi connectivity index (χ2v) is 4.56. The highest BCUT2D eigenvalue weighted by atomic mass is 32.2. The quantitative estimate of drug-likeness (QED) is 0.524. The zero-order chi connectivity index (χ0) is 14.2. The maximum Gasteiger partial charge on any atom is 0.421 e. The molecule has 0 saturated carbocycles. The van der Waals surface area contributed by atoms with Crippen molar-refractivity contribution in [3.05, 3.63) is 0 Å². The van der Waals surface area contributed by atoms with Crippen molar-refractivity contribution in [2.45, 2.75) is 19.4 Å². The van der Waals surface area contributed by atoms with E-state index < -0.39 is 28.3 Å². The van der Waals surface area contributed by atoms with E-state index in [0.717, 1.165) is 0 Å². The first-order valence-electron chi connectivity index (χ1n) is 5.01. The predicted octanol–water partition coefficient (Wildman–Crippen LogP) is -0.943. The summed E-state index contributed by atoms with van der Waals surface area (Å²) in [4.78, 5) is 21.7. The molecule has 1 atom stereocenters. The van der Waals surface area contributed by atoms with Gasteiger partial charge in [-0.25, -0.2) is 9.52 Å². The molecule has 0 heterocycles. The molecule has 0 saturated heterocycles. The normalized spacial score (nSPS) is 12.8. The number of carbonyl (C=O) groups excluding carboxylic acids is 1. The number of hydrogen-bond acceptors (Lipinski definition) is 6. The van der Waals surface area contributed by atoms with Crippen LogP contribution in [0.1, 0.15) is 13.3 Å². The molecule has 0 fully saturated rings. The first-order chi connectivity index (χ1) is 8.32. The summed E-state index contributed by atoms with van der Waals surface area (Å²) < 4.78 is 35.1. The first kappa shape index (κ1) is 16.6. The molecule has 0 spiro atoms. The highest BCUT2D eigenvalue weighted by Crippen LogP contribution is 1.96. The molecule has 9 nitrogen and oxygen atoms in total. The van der Waals surface area contributed by atoms with Crippen molar-refractivity contribution >= 4 is 22.3 Å². The fourth-order valence-corrected chi connectivity index (χ4v) is 1.89. The Morgan fingerprint density at radius 2 is 2.00 bits per heavy atom. The Kier molecular flexibility index (Phi) is 7.24. The maximum absolute atomic E-state index is 11.4. The van der Waals surface area contributed by atoms with Gasteiger partial charge >= 0.3 is 22.3 Å². The molecule has 106 valence electrons. The molecule has 0 bridgehead atoms. The van der Waals surface area contributed by atoms with Gasteiger partial charge in [0.2, 0.25) is 0 Å². The van der Waals surface area contributed by atoms with E-state index in [1.54, 1.807) is 4.72 Å². The summed E-state index contributed by atoms with van der Waals surface area (Å²) in [6.07, 6.45) is -1.25. The van der Waals surface area contributed by atoms with Crippen molar-refractivity contribution in [1.82, 2.24) is 9.44 Å². The van der Waals surface area contributed by atoms with Gasteiger partial charge in [0.15, 0.2) is 0 Å². The average molecular weight is 284 g/mol. The molecule has 10 heteroatoms. The minimum absolute atomic E-state index is 0.00656. The summed E-state index contributed by atoms with van der Waals surface area (Å²) in [5.41, 5.74) is 0. The van der Waals surface area contributed by atoms with E-state index >= 15 is 0 Å². The summed E-state index contributed by atoms with van der Waals surface area (Å²) in [7, 11) is -2.94. The number of amides is 1. The molecular weight excluding hydrogens is 268 g/mol. The molecule has 0 aromatic carbocycles. The Labute approximate surface area is 105 Å². The molecule has 0 aromatic rings. The van der Waals surface area contributed by atoms with Crippen LogP contribution in [0.2, 0.25) is 0 Å². The van der Waals surface area contributed by atoms with E-state index in [2.05, 4.69) is 9.47 Å². The Bertz CT molecular complexity index is 381. The van der Waals surface area contributed by atoms with Gasteiger partial charge in [0, 0.05) is 13.7 Å². The number of nitrogens with one attached hydrogen (secondary N) is 2. The summed E-state index contributed by atoms with van der Waals surface area (Å²) in [5.74, 6) is -1.37. The van der Waals surface area contributed by atoms with Crippen LogP contribution in [-0.4, -0.2) is 52.0 Å². The van der Waals surface area contributed by atoms with Crippen molar-refractivity contribution in [3.8, 4) is 0 Å². The van der Waals surface area contributed by atoms with Gasteiger partial charge in [-0.2, -0.15) is 13.1 Å². The van der Waals surface area contributed by atoms with Gasteiger partial charge in [-0.3, -0.25) is 4.79 Å². The van der Waals surface area contributed by atoms with Gasteiger partial charge in [-0.05, 0) is 13.3 Å². The second-order valence-electron chi connectivity index (χ2n) is 3.12. The van der Waals surface area contributed by atoms with E-state index in [4.69, 9.17) is 5.11 Å². The van der Waals surface area contributed by atoms with Gasteiger partial charge in [0.25, 0.3) is 0 Å². The number of methoxy groups -OCH3 is 1. The van der Waals surface area contributed by atoms with E-state index in [1.807, 2.05) is 0 Å². The van der Waals surface area contributed by atoms with Crippen LogP contribution in [0.25, 0.3) is 0 Å². The molecule has 0 rings (SSSR count). The number of carboxylic acids is 1. The third-order valence-corrected chi connectivity index (χ3v) is 2.73. The highest BCUT2D eigenvalue weighted by Gasteiger charge is 2.25. The molecule has 18 heavy (non-hydrogen) atoms. The standard InChI is InChI=1S/C8H16N2O7S/c1-3-17-8(13)10-18(14,15)9-6(7(11)12)4-5-16-2/h6,9H,3-5H2,1-2H3,(H,10,13)(H,11,12). The van der Waals surface area contributed by atoms with Crippen LogP contribution in [0.3, 0.4) is 0 Å². The molecule has 0 aliphatic heterocycles. The smallest absolute Gasteiger partial charge is 0.421 e. The van der Waals surface area contributed by atoms with Gasteiger partial charge in [0.1, 0.15) is 6.04 Å². The number of rotatable bonds is 8. The zero-order valence-corrected chi connectivity index (χ0v) is 10.8. The molecule has 1 amide bonds. The van der Waals surface area contributed by atoms with E-state index in [-0.39, 0.29) is 19.6 Å². The summed E-state index contributed by atoms with van der Waals surface area (Å²) >= 11 is 0. The largest absolute Gasteiger partial charge is 0.480 e. The molecule has 0 radical (unpaired) electrons. The summed E-state index contributed by atoms with van der Waals surface area (Å²) in [6, 6.07) is -1.39. The van der Waals surface area contributed by atoms with Crippen LogP contribution in [-0.2, 0) is 24.5 Å². The lowest BCUT2D eigenvalue weighted by molar-refractivity contribution is -0.139. The monoisotopic (exact) mass is 284 g/mol. The summed E-state index contributed by atoms with van der Waals surface area (Å²) in [6.45, 7) is 1.55. The SMILES string of the molecule is CCOC(=O)NS(=O)(=O)NC(CCOC)C(=O)O. The first-order valence-corrected chi connectivity index (χ1v) is 6.49. The molecule has 0 aliphatic rings. The highest BCUT2D eigenvalue weighted by molar-refractivity contribution is 7.88. The number of aliphatic carboxylic acids is 1. The van der Waals surface area contributed by atoms with Crippen LogP contribution >= 0.6 is 0 Å². The van der Waals surface area contributed by atoms with Gasteiger partial charge in [-0.15, -0.1) is 0 Å². The Balaban J connectivity index is 4.51. The molecule has 3 N–H and O–H groups in total. The topological polar surface area (TPSA) is 131 Å². The Morgan fingerprint density at radius 3 is 2.44 bits per heavy atom. The van der Waals surface area contributed by atoms with Gasteiger partial charge < -0.3 is 14.6 Å². The number of carboxylic acid groups (broad SMARTS) is 1. The fraction of sp³-hybridized carbons (Fsp3) is 0.750. The predicted molar refractivity (Wildman–Crippen MR) is 60.1 cm³/mol. The van der Waals surface area contributed by atoms with Crippen LogP contribution in [0.4, 0.5) is 4.79 Å². The van der Waals surface area contributed by atoms with Crippen LogP contribution in [0.15, 0.2) is 0 Å². The lowest BCUT2D eigenvalue weighted by Gasteiger charge is -2.14. The van der Waals surface area contributed by atoms with E-state index in [9.17, 15) is 18.0 Å². The molecule has 0 aliphatic carbocycles. The second kappa shape index (κ2) is 7.84. The van der Waals surface area contributed by atoms with E-state index in [1.165, 1.54) is 18.8 Å². The van der Waals surface area contributed by atoms with Crippen molar-refractivity contribution in [2.75, 3.05) is 20.3 Å². The number of hydrogen-bond donors (Lipinski definition) is 3. The van der Waals surface area contributed by atoms with Crippen LogP contribution < -0.4 is 9.44 Å². The fourth-order valence-electron chi connectivity index (χ4n) is 0.956. The molecular formula is C8H16N2O7S. The maximum atomic E-state index is 11.4. The molecule has 0 aromatic heterocycles. The third-order valence-electron chi connectivity index (χ3n) is 1.70. The minimum atomic E-state index is -4.29. The van der Waals surface area contributed by atoms with Crippen molar-refractivity contribution in [1.29, 1.82) is 0 Å². The van der Waals surface area contributed by atoms with E-state index in [0.29, 0.717) is 0 Å². The lowest BCUT2D eigenvalue weighted by Crippen LogP contribution is -2.48. The summed E-state index contributed by atoms with van der Waals surface area (Å²) in [5, 5.41) is 8.77. The van der Waals surface area contributed by atoms with Crippen molar-refractivity contribution < 1.29 is 32.6 Å². The Hall–Kier alpha value is -1.39. The van der Waals surface area contributed by atoms with Crippen molar-refractivity contribution in [2.24, 2.45) is 0 Å². The van der Waals surface area contributed by atoms with Gasteiger partial charge in [0.05, 0.1) is 6.61 Å². The van der Waals surface area contributed by atoms with Gasteiger partial charge in [-0.1, -0.05) is 0 Å². The number of carbonyl (C=O) groups is 2. The Morgan fingerprint density at radius 1 is 1.39 bits per heavy atom.